The summed E-state index contributed by atoms with van der Waals surface area (Å²) in [5, 5.41) is 3.87. The van der Waals surface area contributed by atoms with Gasteiger partial charge >= 0.3 is 0 Å². The second-order valence-corrected chi connectivity index (χ2v) is 11.8. The molecule has 0 aliphatic heterocycles. The van der Waals surface area contributed by atoms with Gasteiger partial charge in [0.25, 0.3) is 15.9 Å². The summed E-state index contributed by atoms with van der Waals surface area (Å²) in [5.41, 5.74) is 1.18. The Morgan fingerprint density at radius 1 is 1.06 bits per heavy atom. The third-order valence-corrected chi connectivity index (χ3v) is 8.88. The molecule has 0 saturated carbocycles. The molecule has 3 aromatic carbocycles. The zero-order valence-corrected chi connectivity index (χ0v) is 22.0. The molecule has 0 aliphatic carbocycles. The van der Waals surface area contributed by atoms with Crippen LogP contribution in [-0.4, -0.2) is 28.5 Å². The van der Waals surface area contributed by atoms with Gasteiger partial charge in [0.05, 0.1) is 27.6 Å². The van der Waals surface area contributed by atoms with Crippen molar-refractivity contribution in [2.75, 3.05) is 23.8 Å². The maximum absolute atomic E-state index is 13.1. The summed E-state index contributed by atoms with van der Waals surface area (Å²) in [7, 11) is -0.903. The van der Waals surface area contributed by atoms with Crippen LogP contribution < -0.4 is 14.4 Å². The number of ether oxygens (including phenoxy) is 1. The van der Waals surface area contributed by atoms with Crippen LogP contribution in [0.2, 0.25) is 5.02 Å². The molecule has 1 amide bonds. The van der Waals surface area contributed by atoms with Crippen molar-refractivity contribution >= 4 is 82.9 Å². The number of thiophene rings is 1. The zero-order valence-electron chi connectivity index (χ0n) is 17.5. The zero-order chi connectivity index (χ0) is 23.8. The van der Waals surface area contributed by atoms with Crippen LogP contribution in [0.15, 0.2) is 71.6 Å². The maximum atomic E-state index is 13.1. The summed E-state index contributed by atoms with van der Waals surface area (Å²) in [6.45, 7) is 0. The molecular formula is C23H18ClIN2O4S2. The first-order valence-corrected chi connectivity index (χ1v) is 13.3. The monoisotopic (exact) mass is 612 g/mol. The van der Waals surface area contributed by atoms with Gasteiger partial charge in [-0.05, 0) is 94.7 Å². The van der Waals surface area contributed by atoms with Crippen LogP contribution in [0.4, 0.5) is 11.4 Å². The van der Waals surface area contributed by atoms with Crippen molar-refractivity contribution in [3.63, 3.8) is 0 Å². The lowest BCUT2D eigenvalue weighted by Crippen LogP contribution is -2.26. The molecule has 0 aliphatic rings. The van der Waals surface area contributed by atoms with Crippen molar-refractivity contribution in [2.45, 2.75) is 4.90 Å². The van der Waals surface area contributed by atoms with Crippen LogP contribution in [0.25, 0.3) is 10.1 Å². The first-order chi connectivity index (χ1) is 15.7. The highest BCUT2D eigenvalue weighted by Crippen LogP contribution is 2.33. The van der Waals surface area contributed by atoms with Gasteiger partial charge in [0.1, 0.15) is 5.75 Å². The molecule has 1 aromatic heterocycles. The third kappa shape index (κ3) is 4.96. The molecule has 1 heterocycles. The SMILES string of the molecule is COc1ccc(S(=O)(=O)N(C)c2ccc3sc(C(=O)Nc4ccc(I)cc4)cc3c2)cc1Cl. The number of rotatable bonds is 6. The number of fused-ring (bicyclic) bond motifs is 1. The minimum absolute atomic E-state index is 0.0544. The normalized spacial score (nSPS) is 11.4. The van der Waals surface area contributed by atoms with Gasteiger partial charge in [0, 0.05) is 21.0 Å². The molecule has 0 fully saturated rings. The van der Waals surface area contributed by atoms with Crippen molar-refractivity contribution in [1.29, 1.82) is 0 Å². The number of anilines is 2. The number of benzene rings is 3. The summed E-state index contributed by atoms with van der Waals surface area (Å²) >= 11 is 9.67. The predicted octanol–water partition coefficient (Wildman–Crippen LogP) is 6.25. The van der Waals surface area contributed by atoms with Crippen LogP contribution >= 0.6 is 45.5 Å². The average molecular weight is 613 g/mol. The Morgan fingerprint density at radius 3 is 2.45 bits per heavy atom. The lowest BCUT2D eigenvalue weighted by molar-refractivity contribution is 0.103. The van der Waals surface area contributed by atoms with Crippen LogP contribution in [-0.2, 0) is 10.0 Å². The molecule has 6 nitrogen and oxygen atoms in total. The Morgan fingerprint density at radius 2 is 1.79 bits per heavy atom. The molecule has 1 N–H and O–H groups in total. The minimum Gasteiger partial charge on any atom is -0.495 e. The molecular weight excluding hydrogens is 595 g/mol. The molecule has 33 heavy (non-hydrogen) atoms. The summed E-state index contributed by atoms with van der Waals surface area (Å²) in [6, 6.07) is 18.9. The summed E-state index contributed by atoms with van der Waals surface area (Å²) in [6.07, 6.45) is 0. The van der Waals surface area contributed by atoms with E-state index in [1.54, 1.807) is 18.2 Å². The number of halogens is 2. The van der Waals surface area contributed by atoms with E-state index < -0.39 is 10.0 Å². The quantitative estimate of drug-likeness (QED) is 0.262. The van der Waals surface area contributed by atoms with Crippen molar-refractivity contribution in [3.8, 4) is 5.75 Å². The van der Waals surface area contributed by atoms with E-state index >= 15 is 0 Å². The molecule has 10 heteroatoms. The van der Waals surface area contributed by atoms with E-state index in [-0.39, 0.29) is 15.8 Å². The number of nitrogens with one attached hydrogen (secondary N) is 1. The molecule has 0 atom stereocenters. The van der Waals surface area contributed by atoms with Crippen LogP contribution in [0.5, 0.6) is 5.75 Å². The van der Waals surface area contributed by atoms with Gasteiger partial charge in [-0.25, -0.2) is 8.42 Å². The second kappa shape index (κ2) is 9.49. The standard InChI is InChI=1S/C23H18ClIN2O4S2/c1-27(33(29,30)18-8-9-20(31-2)19(24)13-18)17-7-10-21-14(11-17)12-22(32-21)23(28)26-16-5-3-15(25)4-6-16/h3-13H,1-2H3,(H,26,28). The molecule has 4 aromatic rings. The number of sulfonamides is 1. The second-order valence-electron chi connectivity index (χ2n) is 7.06. The molecule has 0 unspecified atom stereocenters. The third-order valence-electron chi connectivity index (χ3n) is 4.97. The number of carbonyl (C=O) groups excluding carboxylic acids is 1. The van der Waals surface area contributed by atoms with Gasteiger partial charge in [0.15, 0.2) is 0 Å². The first-order valence-electron chi connectivity index (χ1n) is 9.62. The Balaban J connectivity index is 1.60. The van der Waals surface area contributed by atoms with Crippen molar-refractivity contribution in [2.24, 2.45) is 0 Å². The average Bonchev–Trinajstić information content (AvgIpc) is 3.23. The van der Waals surface area contributed by atoms with Crippen molar-refractivity contribution in [1.82, 2.24) is 0 Å². The number of nitrogens with zero attached hydrogens (tertiary/aromatic N) is 1. The lowest BCUT2D eigenvalue weighted by atomic mass is 10.2. The van der Waals surface area contributed by atoms with E-state index in [4.69, 9.17) is 16.3 Å². The Kier molecular flexibility index (Phi) is 6.85. The van der Waals surface area contributed by atoms with E-state index in [0.29, 0.717) is 22.0 Å². The largest absolute Gasteiger partial charge is 0.495 e. The van der Waals surface area contributed by atoms with Crippen LogP contribution in [0.3, 0.4) is 0 Å². The highest BCUT2D eigenvalue weighted by Gasteiger charge is 2.23. The van der Waals surface area contributed by atoms with Gasteiger partial charge < -0.3 is 10.1 Å². The summed E-state index contributed by atoms with van der Waals surface area (Å²) in [5.74, 6) is 0.182. The fourth-order valence-electron chi connectivity index (χ4n) is 3.17. The Hall–Kier alpha value is -2.34. The fraction of sp³-hybridized carbons (Fsp3) is 0.0870. The van der Waals surface area contributed by atoms with Gasteiger partial charge in [-0.2, -0.15) is 0 Å². The number of hydrogen-bond acceptors (Lipinski definition) is 5. The Labute approximate surface area is 214 Å². The maximum Gasteiger partial charge on any atom is 0.265 e. The van der Waals surface area contributed by atoms with E-state index in [1.807, 2.05) is 30.3 Å². The summed E-state index contributed by atoms with van der Waals surface area (Å²) in [4.78, 5) is 13.3. The van der Waals surface area contributed by atoms with Gasteiger partial charge in [-0.1, -0.05) is 11.6 Å². The molecule has 0 saturated heterocycles. The van der Waals surface area contributed by atoms with E-state index in [0.717, 1.165) is 13.7 Å². The van der Waals surface area contributed by atoms with Crippen LogP contribution in [0.1, 0.15) is 9.67 Å². The lowest BCUT2D eigenvalue weighted by Gasteiger charge is -2.20. The van der Waals surface area contributed by atoms with Crippen molar-refractivity contribution < 1.29 is 17.9 Å². The number of hydrogen-bond donors (Lipinski definition) is 1. The van der Waals surface area contributed by atoms with Crippen molar-refractivity contribution in [3.05, 3.63) is 80.2 Å². The molecule has 0 radical (unpaired) electrons. The smallest absolute Gasteiger partial charge is 0.265 e. The van der Waals surface area contributed by atoms with E-state index in [9.17, 15) is 13.2 Å². The number of amides is 1. The predicted molar refractivity (Wildman–Crippen MR) is 143 cm³/mol. The number of methoxy groups -OCH3 is 1. The first kappa shape index (κ1) is 23.8. The Bertz CT molecular complexity index is 1450. The van der Waals surface area contributed by atoms with Gasteiger partial charge in [-0.3, -0.25) is 9.10 Å². The highest BCUT2D eigenvalue weighted by molar-refractivity contribution is 14.1. The number of carbonyl (C=O) groups is 1. The van der Waals surface area contributed by atoms with Gasteiger partial charge in [0.2, 0.25) is 0 Å². The molecule has 4 rings (SSSR count). The minimum atomic E-state index is -3.85. The molecule has 170 valence electrons. The van der Waals surface area contributed by atoms with Crippen LogP contribution in [0, 0.1) is 3.57 Å². The van der Waals surface area contributed by atoms with Gasteiger partial charge in [-0.15, -0.1) is 11.3 Å². The molecule has 0 bridgehead atoms. The van der Waals surface area contributed by atoms with E-state index in [1.165, 1.54) is 48.0 Å². The van der Waals surface area contributed by atoms with E-state index in [2.05, 4.69) is 27.9 Å². The topological polar surface area (TPSA) is 75.7 Å². The fourth-order valence-corrected chi connectivity index (χ4v) is 6.00. The molecule has 0 spiro atoms. The highest BCUT2D eigenvalue weighted by atomic mass is 127. The summed E-state index contributed by atoms with van der Waals surface area (Å²) < 4.78 is 34.5.